The fourth-order valence-electron chi connectivity index (χ4n) is 3.76. The van der Waals surface area contributed by atoms with Crippen LogP contribution in [0.5, 0.6) is 0 Å². The van der Waals surface area contributed by atoms with Crippen LogP contribution in [0.25, 0.3) is 10.9 Å². The van der Waals surface area contributed by atoms with Crippen molar-refractivity contribution < 1.29 is 14.3 Å². The maximum Gasteiger partial charge on any atom is 0.256 e. The highest BCUT2D eigenvalue weighted by Crippen LogP contribution is 2.21. The first-order chi connectivity index (χ1) is 12.2. The highest BCUT2D eigenvalue weighted by Gasteiger charge is 2.30. The number of ether oxygens (including phenoxy) is 1. The lowest BCUT2D eigenvalue weighted by molar-refractivity contribution is -0.135. The lowest BCUT2D eigenvalue weighted by atomic mass is 10.1. The van der Waals surface area contributed by atoms with E-state index in [0.717, 1.165) is 23.7 Å². The third-order valence-corrected chi connectivity index (χ3v) is 5.19. The van der Waals surface area contributed by atoms with Crippen molar-refractivity contribution in [3.05, 3.63) is 36.0 Å². The monoisotopic (exact) mass is 341 g/mol. The molecule has 0 radical (unpaired) electrons. The Morgan fingerprint density at radius 2 is 1.92 bits per heavy atom. The number of aromatic amines is 1. The Morgan fingerprint density at radius 1 is 1.08 bits per heavy atom. The van der Waals surface area contributed by atoms with Gasteiger partial charge in [-0.25, -0.2) is 0 Å². The van der Waals surface area contributed by atoms with E-state index < -0.39 is 0 Å². The summed E-state index contributed by atoms with van der Waals surface area (Å²) < 4.78 is 5.34. The molecule has 0 bridgehead atoms. The molecule has 132 valence electrons. The van der Waals surface area contributed by atoms with Crippen LogP contribution >= 0.6 is 0 Å². The summed E-state index contributed by atoms with van der Waals surface area (Å²) in [5, 5.41) is 1.04. The van der Waals surface area contributed by atoms with Gasteiger partial charge < -0.3 is 19.5 Å². The molecule has 25 heavy (non-hydrogen) atoms. The van der Waals surface area contributed by atoms with Gasteiger partial charge in [-0.1, -0.05) is 12.1 Å². The number of fused-ring (bicyclic) bond motifs is 1. The van der Waals surface area contributed by atoms with Gasteiger partial charge in [-0.05, 0) is 25.0 Å². The molecule has 1 aromatic carbocycles. The number of para-hydroxylation sites is 1. The highest BCUT2D eigenvalue weighted by atomic mass is 16.5. The van der Waals surface area contributed by atoms with Crippen molar-refractivity contribution in [2.45, 2.75) is 12.8 Å². The normalized spacial score (nSPS) is 21.5. The third kappa shape index (κ3) is 3.14. The summed E-state index contributed by atoms with van der Waals surface area (Å²) in [7, 11) is 0. The van der Waals surface area contributed by atoms with Crippen molar-refractivity contribution in [2.24, 2.45) is 5.92 Å². The van der Waals surface area contributed by atoms with E-state index in [9.17, 15) is 9.59 Å². The number of aromatic nitrogens is 1. The quantitative estimate of drug-likeness (QED) is 0.907. The molecule has 0 spiro atoms. The number of carbonyl (C=O) groups is 2. The van der Waals surface area contributed by atoms with Crippen LogP contribution in [0.15, 0.2) is 30.5 Å². The Hall–Kier alpha value is -2.34. The van der Waals surface area contributed by atoms with Crippen molar-refractivity contribution in [2.75, 3.05) is 39.4 Å². The fourth-order valence-corrected chi connectivity index (χ4v) is 3.76. The topological polar surface area (TPSA) is 65.6 Å². The predicted octanol–water partition coefficient (Wildman–Crippen LogP) is 1.88. The zero-order valence-electron chi connectivity index (χ0n) is 14.2. The average Bonchev–Trinajstić information content (AvgIpc) is 3.27. The lowest BCUT2D eigenvalue weighted by Crippen LogP contribution is -2.40. The molecule has 1 unspecified atom stereocenters. The number of amides is 2. The maximum absolute atomic E-state index is 13.0. The minimum Gasteiger partial charge on any atom is -0.381 e. The van der Waals surface area contributed by atoms with Crippen LogP contribution in [0.2, 0.25) is 0 Å². The van der Waals surface area contributed by atoms with Crippen LogP contribution in [0.3, 0.4) is 0 Å². The Kier molecular flexibility index (Phi) is 4.44. The summed E-state index contributed by atoms with van der Waals surface area (Å²) in [5.41, 5.74) is 1.58. The standard InChI is InChI=1S/C19H23N3O3/c23-18(15-6-12-25-13-15)21-8-2-9-22(11-10-21)19(24)16-4-1-3-14-5-7-20-17(14)16/h1,3-5,7,15,20H,2,6,8-13H2. The fraction of sp³-hybridized carbons (Fsp3) is 0.474. The zero-order chi connectivity index (χ0) is 17.2. The third-order valence-electron chi connectivity index (χ3n) is 5.19. The van der Waals surface area contributed by atoms with E-state index >= 15 is 0 Å². The summed E-state index contributed by atoms with van der Waals surface area (Å²) in [6.07, 6.45) is 3.48. The van der Waals surface area contributed by atoms with Crippen LogP contribution < -0.4 is 0 Å². The van der Waals surface area contributed by atoms with Gasteiger partial charge in [0.15, 0.2) is 0 Å². The molecule has 0 aliphatic carbocycles. The lowest BCUT2D eigenvalue weighted by Gasteiger charge is -2.24. The summed E-state index contributed by atoms with van der Waals surface area (Å²) in [6.45, 7) is 3.78. The van der Waals surface area contributed by atoms with Crippen LogP contribution in [-0.2, 0) is 9.53 Å². The summed E-state index contributed by atoms with van der Waals surface area (Å²) in [6, 6.07) is 7.75. The first-order valence-electron chi connectivity index (χ1n) is 8.96. The second-order valence-corrected chi connectivity index (χ2v) is 6.78. The molecule has 1 aromatic heterocycles. The number of hydrogen-bond acceptors (Lipinski definition) is 3. The van der Waals surface area contributed by atoms with Crippen molar-refractivity contribution in [3.63, 3.8) is 0 Å². The Labute approximate surface area is 146 Å². The minimum absolute atomic E-state index is 0.00471. The van der Waals surface area contributed by atoms with Gasteiger partial charge in [0.1, 0.15) is 0 Å². The van der Waals surface area contributed by atoms with Crippen LogP contribution in [-0.4, -0.2) is 66.0 Å². The molecule has 2 amide bonds. The summed E-state index contributed by atoms with van der Waals surface area (Å²) in [4.78, 5) is 32.5. The van der Waals surface area contributed by atoms with E-state index in [1.165, 1.54) is 0 Å². The smallest absolute Gasteiger partial charge is 0.256 e. The number of hydrogen-bond donors (Lipinski definition) is 1. The Morgan fingerprint density at radius 3 is 2.76 bits per heavy atom. The number of H-pyrrole nitrogens is 1. The molecule has 4 rings (SSSR count). The van der Waals surface area contributed by atoms with E-state index in [2.05, 4.69) is 4.98 Å². The van der Waals surface area contributed by atoms with Gasteiger partial charge in [-0.2, -0.15) is 0 Å². The van der Waals surface area contributed by atoms with Gasteiger partial charge in [0.2, 0.25) is 5.91 Å². The van der Waals surface area contributed by atoms with Crippen molar-refractivity contribution in [3.8, 4) is 0 Å². The van der Waals surface area contributed by atoms with E-state index in [0.29, 0.717) is 45.0 Å². The van der Waals surface area contributed by atoms with Gasteiger partial charge in [-0.15, -0.1) is 0 Å². The van der Waals surface area contributed by atoms with Gasteiger partial charge >= 0.3 is 0 Å². The van der Waals surface area contributed by atoms with Crippen LogP contribution in [0.1, 0.15) is 23.2 Å². The van der Waals surface area contributed by atoms with E-state index in [1.54, 1.807) is 0 Å². The second kappa shape index (κ2) is 6.88. The molecule has 2 aromatic rings. The van der Waals surface area contributed by atoms with E-state index in [-0.39, 0.29) is 17.7 Å². The first kappa shape index (κ1) is 16.1. The van der Waals surface area contributed by atoms with Gasteiger partial charge in [0, 0.05) is 44.4 Å². The van der Waals surface area contributed by atoms with Gasteiger partial charge in [0.25, 0.3) is 5.91 Å². The second-order valence-electron chi connectivity index (χ2n) is 6.78. The number of nitrogens with one attached hydrogen (secondary N) is 1. The predicted molar refractivity (Wildman–Crippen MR) is 94.3 cm³/mol. The number of benzene rings is 1. The molecule has 2 fully saturated rings. The summed E-state index contributed by atoms with van der Waals surface area (Å²) >= 11 is 0. The van der Waals surface area contributed by atoms with Gasteiger partial charge in [0.05, 0.1) is 23.6 Å². The minimum atomic E-state index is -0.00471. The van der Waals surface area contributed by atoms with E-state index in [4.69, 9.17) is 4.74 Å². The molecule has 6 nitrogen and oxygen atoms in total. The van der Waals surface area contributed by atoms with E-state index in [1.807, 2.05) is 40.3 Å². The molecule has 2 saturated heterocycles. The number of nitrogens with zero attached hydrogens (tertiary/aromatic N) is 2. The molecule has 3 heterocycles. The largest absolute Gasteiger partial charge is 0.381 e. The molecule has 2 aliphatic rings. The van der Waals surface area contributed by atoms with Crippen LogP contribution in [0, 0.1) is 5.92 Å². The molecular weight excluding hydrogens is 318 g/mol. The molecule has 2 aliphatic heterocycles. The molecular formula is C19H23N3O3. The Bertz CT molecular complexity index is 779. The number of carbonyl (C=O) groups excluding carboxylic acids is 2. The number of rotatable bonds is 2. The average molecular weight is 341 g/mol. The zero-order valence-corrected chi connectivity index (χ0v) is 14.2. The first-order valence-corrected chi connectivity index (χ1v) is 8.96. The molecule has 6 heteroatoms. The SMILES string of the molecule is O=C(c1cccc2cc[nH]c12)N1CCCN(C(=O)C2CCOC2)CC1. The molecule has 1 atom stereocenters. The molecule has 0 saturated carbocycles. The van der Waals surface area contributed by atoms with Crippen LogP contribution in [0.4, 0.5) is 0 Å². The summed E-state index contributed by atoms with van der Waals surface area (Å²) in [5.74, 6) is 0.208. The molecule has 1 N–H and O–H groups in total. The highest BCUT2D eigenvalue weighted by molar-refractivity contribution is 6.05. The maximum atomic E-state index is 13.0. The Balaban J connectivity index is 1.46. The van der Waals surface area contributed by atoms with Crippen molar-refractivity contribution >= 4 is 22.7 Å². The van der Waals surface area contributed by atoms with Crippen molar-refractivity contribution in [1.29, 1.82) is 0 Å². The van der Waals surface area contributed by atoms with Gasteiger partial charge in [-0.3, -0.25) is 9.59 Å². The van der Waals surface area contributed by atoms with Crippen molar-refractivity contribution in [1.82, 2.24) is 14.8 Å².